The highest BCUT2D eigenvalue weighted by atomic mass is 32.2. The van der Waals surface area contributed by atoms with E-state index in [4.69, 9.17) is 5.21 Å². The number of rotatable bonds is 1. The van der Waals surface area contributed by atoms with Crippen LogP contribution in [0.15, 0.2) is 28.0 Å². The average molecular weight is 196 g/mol. The van der Waals surface area contributed by atoms with Gasteiger partial charge in [-0.05, 0) is 17.3 Å². The lowest BCUT2D eigenvalue weighted by atomic mass is 10.7. The predicted octanol–water partition coefficient (Wildman–Crippen LogP) is 2.63. The van der Waals surface area contributed by atoms with E-state index in [-0.39, 0.29) is 0 Å². The van der Waals surface area contributed by atoms with Crippen molar-refractivity contribution in [2.45, 2.75) is 6.18 Å². The van der Waals surface area contributed by atoms with Crippen LogP contribution in [-0.2, 0) is 0 Å². The third-order valence-corrected chi connectivity index (χ3v) is 2.78. The van der Waals surface area contributed by atoms with Crippen LogP contribution in [0.3, 0.4) is 0 Å². The predicted molar refractivity (Wildman–Crippen MR) is 39.6 cm³/mol. The molecule has 1 N–H and O–H groups in total. The molecule has 0 aliphatic rings. The van der Waals surface area contributed by atoms with E-state index in [0.717, 1.165) is 0 Å². The van der Waals surface area contributed by atoms with Gasteiger partial charge in [0.25, 0.3) is 0 Å². The lowest BCUT2D eigenvalue weighted by Gasteiger charge is -1.98. The number of thiophene rings is 1. The summed E-state index contributed by atoms with van der Waals surface area (Å²) in [6, 6.07) is 2.97. The minimum atomic E-state index is -4.56. The Morgan fingerprint density at radius 2 is 1.75 bits per heavy atom. The molecule has 6 heteroatoms. The maximum Gasteiger partial charge on any atom is 0.489 e. The lowest BCUT2D eigenvalue weighted by Crippen LogP contribution is -2.19. The molecule has 12 heavy (non-hydrogen) atoms. The Labute approximate surface area is 68.9 Å². The van der Waals surface area contributed by atoms with Crippen LogP contribution < -0.4 is 0 Å². The number of hydrogen-bond donors (Lipinski definition) is 1. The van der Waals surface area contributed by atoms with Crippen LogP contribution >= 0.6 is 10.5 Å². The maximum absolute atomic E-state index is 12.0. The summed E-state index contributed by atoms with van der Waals surface area (Å²) < 4.78 is 36.1. The minimum absolute atomic E-state index is 1.16. The molecule has 0 unspecified atom stereocenters. The Morgan fingerprint density at radius 3 is 2.08 bits per heavy atom. The molecule has 0 radical (unpaired) electrons. The first-order valence-electron chi connectivity index (χ1n) is 2.92. The first-order valence-corrected chi connectivity index (χ1v) is 4.27. The fourth-order valence-electron chi connectivity index (χ4n) is 0.672. The Hall–Kier alpha value is -1.04. The fraction of sp³-hybridized carbons (Fsp3) is 0.167. The molecule has 1 aromatic rings. The molecule has 0 bridgehead atoms. The molecule has 2 nitrogen and oxygen atoms in total. The molecule has 0 fully saturated rings. The van der Waals surface area contributed by atoms with Crippen LogP contribution in [0.4, 0.5) is 13.2 Å². The van der Waals surface area contributed by atoms with Crippen LogP contribution in [0.2, 0.25) is 0 Å². The summed E-state index contributed by atoms with van der Waals surface area (Å²) in [4.78, 5) is 0. The van der Waals surface area contributed by atoms with Crippen LogP contribution in [-0.4, -0.2) is 16.4 Å². The van der Waals surface area contributed by atoms with Crippen molar-refractivity contribution < 1.29 is 18.4 Å². The Bertz CT molecular complexity index is 277. The van der Waals surface area contributed by atoms with Gasteiger partial charge in [0.1, 0.15) is 10.8 Å². The third kappa shape index (κ3) is 1.76. The van der Waals surface area contributed by atoms with Gasteiger partial charge in [0.15, 0.2) is 0 Å². The molecule has 0 aliphatic carbocycles. The van der Waals surface area contributed by atoms with Crippen LogP contribution in [0.5, 0.6) is 0 Å². The monoisotopic (exact) mass is 196 g/mol. The number of oxime groups is 1. The maximum atomic E-state index is 12.0. The molecule has 0 atom stereocenters. The van der Waals surface area contributed by atoms with Crippen molar-refractivity contribution in [1.29, 1.82) is 0 Å². The molecule has 0 saturated carbocycles. The molecular weight excluding hydrogens is 191 g/mol. The van der Waals surface area contributed by atoms with Gasteiger partial charge in [-0.15, -0.1) is 0 Å². The first-order chi connectivity index (χ1) is 5.55. The van der Waals surface area contributed by atoms with Gasteiger partial charge in [0, 0.05) is 10.5 Å². The van der Waals surface area contributed by atoms with Crippen molar-refractivity contribution in [3.8, 4) is 0 Å². The second kappa shape index (κ2) is 3.14. The fourth-order valence-corrected chi connectivity index (χ4v) is 1.90. The molecule has 1 heterocycles. The van der Waals surface area contributed by atoms with E-state index in [9.17, 15) is 13.2 Å². The molecule has 0 saturated heterocycles. The summed E-state index contributed by atoms with van der Waals surface area (Å²) >= 11 is 0. The van der Waals surface area contributed by atoms with Crippen LogP contribution in [0.25, 0.3) is 0 Å². The smallest absolute Gasteiger partial charge is 0.406 e. The van der Waals surface area contributed by atoms with E-state index in [2.05, 4.69) is 5.16 Å². The largest absolute Gasteiger partial charge is 0.489 e. The van der Waals surface area contributed by atoms with E-state index in [1.165, 1.54) is 22.9 Å². The summed E-state index contributed by atoms with van der Waals surface area (Å²) in [5.41, 5.74) is 0. The summed E-state index contributed by atoms with van der Waals surface area (Å²) in [6.07, 6.45) is -4.56. The highest BCUT2D eigenvalue weighted by molar-refractivity contribution is 7.49. The molecule has 66 valence electrons. The van der Waals surface area contributed by atoms with Crippen molar-refractivity contribution in [1.82, 2.24) is 0 Å². The second-order valence-corrected chi connectivity index (χ2v) is 3.61. The van der Waals surface area contributed by atoms with Gasteiger partial charge in [0.05, 0.1) is 0 Å². The standard InChI is InChI=1S/C6H4F3NOS/c7-6(8,9)5(10-11)12-3-1-2-4-12/h1-4H/p+1. The van der Waals surface area contributed by atoms with E-state index in [1.54, 1.807) is 0 Å². The quantitative estimate of drug-likeness (QED) is 0.318. The van der Waals surface area contributed by atoms with Gasteiger partial charge < -0.3 is 5.21 Å². The van der Waals surface area contributed by atoms with Crippen LogP contribution in [0, 0.1) is 0 Å². The number of nitrogens with zero attached hydrogens (tertiary/aromatic N) is 1. The summed E-state index contributed by atoms with van der Waals surface area (Å²) in [7, 11) is -1.22. The van der Waals surface area contributed by atoms with Crippen molar-refractivity contribution in [2.75, 3.05) is 0 Å². The summed E-state index contributed by atoms with van der Waals surface area (Å²) in [5, 5.41) is 11.9. The van der Waals surface area contributed by atoms with E-state index in [0.29, 0.717) is 0 Å². The van der Waals surface area contributed by atoms with Gasteiger partial charge in [-0.2, -0.15) is 13.2 Å². The highest BCUT2D eigenvalue weighted by Gasteiger charge is 2.45. The molecule has 0 aliphatic heterocycles. The average Bonchev–Trinajstić information content (AvgIpc) is 2.38. The molecule has 0 amide bonds. The molecule has 1 rings (SSSR count). The van der Waals surface area contributed by atoms with E-state index >= 15 is 0 Å². The van der Waals surface area contributed by atoms with Crippen molar-refractivity contribution in [2.24, 2.45) is 5.16 Å². The van der Waals surface area contributed by atoms with Crippen molar-refractivity contribution >= 4 is 15.5 Å². The van der Waals surface area contributed by atoms with Gasteiger partial charge in [-0.25, -0.2) is 0 Å². The Kier molecular flexibility index (Phi) is 2.37. The van der Waals surface area contributed by atoms with Gasteiger partial charge >= 0.3 is 11.2 Å². The van der Waals surface area contributed by atoms with Crippen molar-refractivity contribution in [3.05, 3.63) is 22.9 Å². The SMILES string of the molecule is ON=C([s+]1cccc1)C(F)(F)F. The molecule has 0 aromatic carbocycles. The van der Waals surface area contributed by atoms with Gasteiger partial charge in [-0.3, -0.25) is 0 Å². The van der Waals surface area contributed by atoms with E-state index < -0.39 is 21.7 Å². The molecule has 1 aromatic heterocycles. The van der Waals surface area contributed by atoms with Crippen LogP contribution in [0.1, 0.15) is 0 Å². The Morgan fingerprint density at radius 1 is 1.25 bits per heavy atom. The normalized spacial score (nSPS) is 13.4. The molecule has 0 spiro atoms. The highest BCUT2D eigenvalue weighted by Crippen LogP contribution is 2.30. The topological polar surface area (TPSA) is 32.6 Å². The summed E-state index contributed by atoms with van der Waals surface area (Å²) in [5.74, 6) is 0. The lowest BCUT2D eigenvalue weighted by molar-refractivity contribution is -0.0576. The summed E-state index contributed by atoms with van der Waals surface area (Å²) in [6.45, 7) is 0. The van der Waals surface area contributed by atoms with Gasteiger partial charge in [-0.1, -0.05) is 0 Å². The zero-order chi connectivity index (χ0) is 9.19. The zero-order valence-electron chi connectivity index (χ0n) is 5.75. The first kappa shape index (κ1) is 9.05. The number of alkyl halides is 3. The van der Waals surface area contributed by atoms with E-state index in [1.807, 2.05) is 0 Å². The minimum Gasteiger partial charge on any atom is -0.406 e. The Balaban J connectivity index is 3.01. The zero-order valence-corrected chi connectivity index (χ0v) is 6.56. The number of hydrogen-bond acceptors (Lipinski definition) is 2. The van der Waals surface area contributed by atoms with Gasteiger partial charge in [0.2, 0.25) is 0 Å². The van der Waals surface area contributed by atoms with Crippen molar-refractivity contribution in [3.63, 3.8) is 0 Å². The third-order valence-electron chi connectivity index (χ3n) is 1.12. The number of halogens is 3. The second-order valence-electron chi connectivity index (χ2n) is 1.93. The molecular formula is C6H5F3NOS+.